The van der Waals surface area contributed by atoms with Crippen LogP contribution in [0.3, 0.4) is 0 Å². The molecule has 0 heterocycles. The largest absolute Gasteiger partial charge is 0.479 e. The van der Waals surface area contributed by atoms with Gasteiger partial charge in [-0.2, -0.15) is 13.2 Å². The summed E-state index contributed by atoms with van der Waals surface area (Å²) in [6.45, 7) is 3.07. The molecule has 0 aliphatic rings. The van der Waals surface area contributed by atoms with Crippen molar-refractivity contribution < 1.29 is 22.3 Å². The van der Waals surface area contributed by atoms with Crippen molar-refractivity contribution in [1.82, 2.24) is 0 Å². The predicted octanol–water partition coefficient (Wildman–Crippen LogP) is 3.18. The molecule has 0 aliphatic carbocycles. The highest BCUT2D eigenvalue weighted by Crippen LogP contribution is 2.29. The quantitative estimate of drug-likeness (QED) is 0.848. The summed E-state index contributed by atoms with van der Waals surface area (Å²) in [4.78, 5) is 0. The lowest BCUT2D eigenvalue weighted by molar-refractivity contribution is -0.201. The second-order valence-corrected chi connectivity index (χ2v) is 4.06. The molecule has 0 bridgehead atoms. The number of benzene rings is 1. The standard InChI is InChI=1S/C12H15F4NO/c1-3-9(17)11(12(14,15)16)18-10-6-8(13)5-4-7(10)2/h4-6,9,11H,3,17H2,1-2H3. The van der Waals surface area contributed by atoms with Gasteiger partial charge in [0.15, 0.2) is 0 Å². The first-order valence-corrected chi connectivity index (χ1v) is 5.50. The Morgan fingerprint density at radius 2 is 1.94 bits per heavy atom. The van der Waals surface area contributed by atoms with E-state index >= 15 is 0 Å². The lowest BCUT2D eigenvalue weighted by atomic mass is 10.1. The Morgan fingerprint density at radius 1 is 1.33 bits per heavy atom. The summed E-state index contributed by atoms with van der Waals surface area (Å²) >= 11 is 0. The van der Waals surface area contributed by atoms with Crippen molar-refractivity contribution in [1.29, 1.82) is 0 Å². The number of rotatable bonds is 4. The minimum Gasteiger partial charge on any atom is -0.479 e. The van der Waals surface area contributed by atoms with Crippen molar-refractivity contribution in [2.75, 3.05) is 0 Å². The maximum absolute atomic E-state index is 13.0. The lowest BCUT2D eigenvalue weighted by Gasteiger charge is -2.27. The summed E-state index contributed by atoms with van der Waals surface area (Å²) in [6.07, 6.45) is -6.62. The van der Waals surface area contributed by atoms with E-state index in [2.05, 4.69) is 0 Å². The third-order valence-electron chi connectivity index (χ3n) is 2.59. The second-order valence-electron chi connectivity index (χ2n) is 4.06. The van der Waals surface area contributed by atoms with E-state index in [-0.39, 0.29) is 12.2 Å². The van der Waals surface area contributed by atoms with E-state index in [1.807, 2.05) is 0 Å². The van der Waals surface area contributed by atoms with Crippen molar-refractivity contribution in [2.45, 2.75) is 38.6 Å². The van der Waals surface area contributed by atoms with E-state index in [9.17, 15) is 17.6 Å². The van der Waals surface area contributed by atoms with Gasteiger partial charge in [0, 0.05) is 6.07 Å². The Labute approximate surface area is 103 Å². The van der Waals surface area contributed by atoms with Crippen LogP contribution in [0, 0.1) is 12.7 Å². The number of ether oxygens (including phenoxy) is 1. The van der Waals surface area contributed by atoms with Gasteiger partial charge in [-0.1, -0.05) is 13.0 Å². The lowest BCUT2D eigenvalue weighted by Crippen LogP contribution is -2.48. The van der Waals surface area contributed by atoms with Crippen LogP contribution in [0.25, 0.3) is 0 Å². The molecule has 2 atom stereocenters. The summed E-state index contributed by atoms with van der Waals surface area (Å²) in [7, 11) is 0. The second kappa shape index (κ2) is 5.56. The first-order chi connectivity index (χ1) is 8.25. The SMILES string of the molecule is CCC(N)C(Oc1cc(F)ccc1C)C(F)(F)F. The molecule has 102 valence electrons. The molecule has 0 fully saturated rings. The first-order valence-electron chi connectivity index (χ1n) is 5.50. The van der Waals surface area contributed by atoms with Crippen LogP contribution in [-0.2, 0) is 0 Å². The Bertz CT molecular complexity index is 406. The monoisotopic (exact) mass is 265 g/mol. The molecule has 6 heteroatoms. The van der Waals surface area contributed by atoms with Crippen LogP contribution in [0.15, 0.2) is 18.2 Å². The third kappa shape index (κ3) is 3.60. The molecule has 2 unspecified atom stereocenters. The Hall–Kier alpha value is -1.30. The van der Waals surface area contributed by atoms with Crippen LogP contribution in [0.1, 0.15) is 18.9 Å². The van der Waals surface area contributed by atoms with Crippen LogP contribution >= 0.6 is 0 Å². The fraction of sp³-hybridized carbons (Fsp3) is 0.500. The van der Waals surface area contributed by atoms with Gasteiger partial charge >= 0.3 is 6.18 Å². The van der Waals surface area contributed by atoms with Crippen LogP contribution in [0.5, 0.6) is 5.75 Å². The normalized spacial score (nSPS) is 15.3. The van der Waals surface area contributed by atoms with Crippen LogP contribution in [-0.4, -0.2) is 18.3 Å². The summed E-state index contributed by atoms with van der Waals surface area (Å²) in [5.74, 6) is -0.789. The highest BCUT2D eigenvalue weighted by molar-refractivity contribution is 5.33. The summed E-state index contributed by atoms with van der Waals surface area (Å²) in [5.41, 5.74) is 5.83. The van der Waals surface area contributed by atoms with E-state index in [1.54, 1.807) is 6.92 Å². The summed E-state index contributed by atoms with van der Waals surface area (Å²) in [6, 6.07) is 2.25. The van der Waals surface area contributed by atoms with Crippen LogP contribution in [0.4, 0.5) is 17.6 Å². The van der Waals surface area contributed by atoms with Crippen molar-refractivity contribution in [3.8, 4) is 5.75 Å². The molecular weight excluding hydrogens is 250 g/mol. The van der Waals surface area contributed by atoms with Crippen LogP contribution < -0.4 is 10.5 Å². The zero-order valence-corrected chi connectivity index (χ0v) is 10.1. The molecule has 0 spiro atoms. The minimum atomic E-state index is -4.59. The fourth-order valence-electron chi connectivity index (χ4n) is 1.45. The number of hydrogen-bond donors (Lipinski definition) is 1. The van der Waals surface area contributed by atoms with E-state index in [1.165, 1.54) is 13.0 Å². The van der Waals surface area contributed by atoms with Gasteiger partial charge in [-0.05, 0) is 25.0 Å². The maximum Gasteiger partial charge on any atom is 0.426 e. The average molecular weight is 265 g/mol. The highest BCUT2D eigenvalue weighted by atomic mass is 19.4. The molecule has 1 aromatic rings. The van der Waals surface area contributed by atoms with Gasteiger partial charge in [0.2, 0.25) is 6.10 Å². The van der Waals surface area contributed by atoms with E-state index in [0.29, 0.717) is 5.56 Å². The van der Waals surface area contributed by atoms with Gasteiger partial charge < -0.3 is 10.5 Å². The molecular formula is C12H15F4NO. The van der Waals surface area contributed by atoms with Gasteiger partial charge in [0.05, 0.1) is 6.04 Å². The Morgan fingerprint density at radius 3 is 2.44 bits per heavy atom. The molecule has 18 heavy (non-hydrogen) atoms. The highest BCUT2D eigenvalue weighted by Gasteiger charge is 2.45. The van der Waals surface area contributed by atoms with Gasteiger partial charge in [0.25, 0.3) is 0 Å². The summed E-state index contributed by atoms with van der Waals surface area (Å²) in [5, 5.41) is 0. The smallest absolute Gasteiger partial charge is 0.426 e. The molecule has 0 saturated heterocycles. The molecule has 0 aromatic heterocycles. The Kier molecular flexibility index (Phi) is 4.56. The number of alkyl halides is 3. The number of hydrogen-bond acceptors (Lipinski definition) is 2. The van der Waals surface area contributed by atoms with Crippen molar-refractivity contribution in [3.63, 3.8) is 0 Å². The van der Waals surface area contributed by atoms with Crippen molar-refractivity contribution in [3.05, 3.63) is 29.6 Å². The van der Waals surface area contributed by atoms with Gasteiger partial charge in [-0.15, -0.1) is 0 Å². The van der Waals surface area contributed by atoms with E-state index < -0.39 is 24.1 Å². The van der Waals surface area contributed by atoms with Crippen LogP contribution in [0.2, 0.25) is 0 Å². The van der Waals surface area contributed by atoms with Gasteiger partial charge in [-0.3, -0.25) is 0 Å². The third-order valence-corrected chi connectivity index (χ3v) is 2.59. The average Bonchev–Trinajstić information content (AvgIpc) is 2.27. The fourth-order valence-corrected chi connectivity index (χ4v) is 1.45. The van der Waals surface area contributed by atoms with Gasteiger partial charge in [-0.25, -0.2) is 4.39 Å². The molecule has 0 radical (unpaired) electrons. The molecule has 1 aromatic carbocycles. The minimum absolute atomic E-state index is 0.110. The van der Waals surface area contributed by atoms with Gasteiger partial charge in [0.1, 0.15) is 11.6 Å². The molecule has 2 nitrogen and oxygen atoms in total. The molecule has 2 N–H and O–H groups in total. The maximum atomic E-state index is 13.0. The predicted molar refractivity (Wildman–Crippen MR) is 59.9 cm³/mol. The topological polar surface area (TPSA) is 35.2 Å². The van der Waals surface area contributed by atoms with Crippen molar-refractivity contribution in [2.24, 2.45) is 5.73 Å². The molecule has 0 aliphatic heterocycles. The number of halogens is 4. The molecule has 1 rings (SSSR count). The Balaban J connectivity index is 3.00. The van der Waals surface area contributed by atoms with Crippen molar-refractivity contribution >= 4 is 0 Å². The number of nitrogens with two attached hydrogens (primary N) is 1. The zero-order chi connectivity index (χ0) is 13.9. The zero-order valence-electron chi connectivity index (χ0n) is 10.1. The first kappa shape index (κ1) is 14.8. The molecule has 0 amide bonds. The van der Waals surface area contributed by atoms with E-state index in [0.717, 1.165) is 12.1 Å². The summed E-state index contributed by atoms with van der Waals surface area (Å²) < 4.78 is 56.2. The number of aryl methyl sites for hydroxylation is 1. The van der Waals surface area contributed by atoms with E-state index in [4.69, 9.17) is 10.5 Å². The molecule has 0 saturated carbocycles.